The van der Waals surface area contributed by atoms with Crippen molar-refractivity contribution in [3.63, 3.8) is 0 Å². The van der Waals surface area contributed by atoms with Gasteiger partial charge in [-0.3, -0.25) is 0 Å². The van der Waals surface area contributed by atoms with Crippen LogP contribution < -0.4 is 4.74 Å². The third kappa shape index (κ3) is 4.60. The lowest BCUT2D eigenvalue weighted by Crippen LogP contribution is -1.96. The molecule has 0 bridgehead atoms. The summed E-state index contributed by atoms with van der Waals surface area (Å²) < 4.78 is 5.75. The van der Waals surface area contributed by atoms with Crippen molar-refractivity contribution in [3.05, 3.63) is 64.7 Å². The van der Waals surface area contributed by atoms with E-state index >= 15 is 0 Å². The molecule has 1 nitrogen and oxygen atoms in total. The van der Waals surface area contributed by atoms with Gasteiger partial charge in [0.2, 0.25) is 0 Å². The molecule has 2 rings (SSSR count). The Morgan fingerprint density at radius 3 is 2.05 bits per heavy atom. The average molecular weight is 275 g/mol. The third-order valence-corrected chi connectivity index (χ3v) is 3.14. The molecule has 0 aliphatic heterocycles. The Bertz CT molecular complexity index is 500. The molecule has 0 saturated heterocycles. The second kappa shape index (κ2) is 6.63. The minimum atomic E-state index is 0.570. The van der Waals surface area contributed by atoms with Crippen LogP contribution >= 0.6 is 11.6 Å². The Labute approximate surface area is 120 Å². The average Bonchev–Trinajstić information content (AvgIpc) is 2.39. The second-order valence-electron chi connectivity index (χ2n) is 5.16. The van der Waals surface area contributed by atoms with Crippen molar-refractivity contribution < 1.29 is 4.74 Å². The van der Waals surface area contributed by atoms with Crippen LogP contribution in [0.4, 0.5) is 0 Å². The molecule has 2 aromatic carbocycles. The van der Waals surface area contributed by atoms with E-state index in [1.807, 2.05) is 36.4 Å². The van der Waals surface area contributed by atoms with Gasteiger partial charge in [0, 0.05) is 5.02 Å². The lowest BCUT2D eigenvalue weighted by atomic mass is 10.0. The lowest BCUT2D eigenvalue weighted by Gasteiger charge is -2.08. The first-order chi connectivity index (χ1) is 9.13. The van der Waals surface area contributed by atoms with E-state index in [9.17, 15) is 0 Å². The van der Waals surface area contributed by atoms with Crippen LogP contribution in [0.15, 0.2) is 48.5 Å². The zero-order chi connectivity index (χ0) is 13.7. The quantitative estimate of drug-likeness (QED) is 0.735. The predicted octanol–water partition coefficient (Wildman–Crippen LogP) is 5.12. The molecule has 0 fully saturated rings. The van der Waals surface area contributed by atoms with Gasteiger partial charge in [0.15, 0.2) is 0 Å². The topological polar surface area (TPSA) is 9.23 Å². The SMILES string of the molecule is CC(C)Cc1ccc(OCc2ccc(Cl)cc2)cc1. The number of hydrogen-bond donors (Lipinski definition) is 0. The molecule has 0 aliphatic carbocycles. The van der Waals surface area contributed by atoms with E-state index in [1.165, 1.54) is 5.56 Å². The molecule has 0 heterocycles. The summed E-state index contributed by atoms with van der Waals surface area (Å²) in [6, 6.07) is 16.1. The second-order valence-corrected chi connectivity index (χ2v) is 5.59. The lowest BCUT2D eigenvalue weighted by molar-refractivity contribution is 0.306. The van der Waals surface area contributed by atoms with Crippen LogP contribution in [-0.2, 0) is 13.0 Å². The third-order valence-electron chi connectivity index (χ3n) is 2.89. The Morgan fingerprint density at radius 2 is 1.47 bits per heavy atom. The largest absolute Gasteiger partial charge is 0.489 e. The zero-order valence-corrected chi connectivity index (χ0v) is 12.2. The van der Waals surface area contributed by atoms with Crippen LogP contribution in [0.2, 0.25) is 5.02 Å². The van der Waals surface area contributed by atoms with Crippen molar-refractivity contribution in [3.8, 4) is 5.75 Å². The maximum Gasteiger partial charge on any atom is 0.119 e. The molecule has 0 atom stereocenters. The van der Waals surface area contributed by atoms with Crippen LogP contribution in [0.5, 0.6) is 5.75 Å². The van der Waals surface area contributed by atoms with Crippen molar-refractivity contribution in [1.82, 2.24) is 0 Å². The molecule has 0 N–H and O–H groups in total. The van der Waals surface area contributed by atoms with Gasteiger partial charge < -0.3 is 4.74 Å². The van der Waals surface area contributed by atoms with Crippen LogP contribution in [0.25, 0.3) is 0 Å². The molecule has 0 amide bonds. The molecule has 0 spiro atoms. The highest BCUT2D eigenvalue weighted by atomic mass is 35.5. The molecule has 0 aliphatic rings. The van der Waals surface area contributed by atoms with E-state index in [0.29, 0.717) is 12.5 Å². The Kier molecular flexibility index (Phi) is 4.86. The van der Waals surface area contributed by atoms with Gasteiger partial charge in [-0.15, -0.1) is 0 Å². The van der Waals surface area contributed by atoms with E-state index in [-0.39, 0.29) is 0 Å². The summed E-state index contributed by atoms with van der Waals surface area (Å²) in [5.74, 6) is 1.59. The van der Waals surface area contributed by atoms with Gasteiger partial charge in [-0.05, 0) is 47.7 Å². The maximum atomic E-state index is 5.85. The van der Waals surface area contributed by atoms with Gasteiger partial charge in [0.05, 0.1) is 0 Å². The number of rotatable bonds is 5. The molecule has 100 valence electrons. The summed E-state index contributed by atoms with van der Waals surface area (Å²) in [5.41, 5.74) is 2.48. The van der Waals surface area contributed by atoms with Gasteiger partial charge in [0.25, 0.3) is 0 Å². The molecular weight excluding hydrogens is 256 g/mol. The van der Waals surface area contributed by atoms with Gasteiger partial charge in [0.1, 0.15) is 12.4 Å². The van der Waals surface area contributed by atoms with E-state index in [0.717, 1.165) is 22.8 Å². The summed E-state index contributed by atoms with van der Waals surface area (Å²) >= 11 is 5.85. The van der Waals surface area contributed by atoms with Crippen LogP contribution in [-0.4, -0.2) is 0 Å². The van der Waals surface area contributed by atoms with Crippen molar-refractivity contribution >= 4 is 11.6 Å². The van der Waals surface area contributed by atoms with E-state index in [1.54, 1.807) is 0 Å². The van der Waals surface area contributed by atoms with Crippen molar-refractivity contribution in [2.75, 3.05) is 0 Å². The molecule has 2 aromatic rings. The van der Waals surface area contributed by atoms with E-state index in [4.69, 9.17) is 16.3 Å². The fraction of sp³-hybridized carbons (Fsp3) is 0.294. The summed E-state index contributed by atoms with van der Waals surface area (Å²) in [5, 5.41) is 0.752. The Balaban J connectivity index is 1.91. The molecule has 19 heavy (non-hydrogen) atoms. The predicted molar refractivity (Wildman–Crippen MR) is 80.8 cm³/mol. The van der Waals surface area contributed by atoms with E-state index < -0.39 is 0 Å². The van der Waals surface area contributed by atoms with Crippen molar-refractivity contribution in [2.24, 2.45) is 5.92 Å². The smallest absolute Gasteiger partial charge is 0.119 e. The number of halogens is 1. The number of ether oxygens (including phenoxy) is 1. The minimum Gasteiger partial charge on any atom is -0.489 e. The molecule has 0 saturated carbocycles. The molecule has 2 heteroatoms. The summed E-state index contributed by atoms with van der Waals surface area (Å²) in [7, 11) is 0. The summed E-state index contributed by atoms with van der Waals surface area (Å²) in [4.78, 5) is 0. The maximum absolute atomic E-state index is 5.85. The summed E-state index contributed by atoms with van der Waals surface area (Å²) in [6.45, 7) is 5.02. The summed E-state index contributed by atoms with van der Waals surface area (Å²) in [6.07, 6.45) is 1.11. The van der Waals surface area contributed by atoms with Crippen LogP contribution in [0.1, 0.15) is 25.0 Å². The highest BCUT2D eigenvalue weighted by Gasteiger charge is 1.99. The molecule has 0 radical (unpaired) electrons. The fourth-order valence-corrected chi connectivity index (χ4v) is 2.07. The molecule has 0 aromatic heterocycles. The first-order valence-electron chi connectivity index (χ1n) is 6.59. The molecular formula is C17H19ClO. The number of benzene rings is 2. The van der Waals surface area contributed by atoms with Crippen molar-refractivity contribution in [1.29, 1.82) is 0 Å². The van der Waals surface area contributed by atoms with Gasteiger partial charge >= 0.3 is 0 Å². The monoisotopic (exact) mass is 274 g/mol. The standard InChI is InChI=1S/C17H19ClO/c1-13(2)11-14-5-9-17(10-6-14)19-12-15-3-7-16(18)8-4-15/h3-10,13H,11-12H2,1-2H3. The fourth-order valence-electron chi connectivity index (χ4n) is 1.94. The van der Waals surface area contributed by atoms with Gasteiger partial charge in [-0.25, -0.2) is 0 Å². The van der Waals surface area contributed by atoms with Crippen molar-refractivity contribution in [2.45, 2.75) is 26.9 Å². The van der Waals surface area contributed by atoms with Crippen LogP contribution in [0.3, 0.4) is 0 Å². The molecule has 0 unspecified atom stereocenters. The number of hydrogen-bond acceptors (Lipinski definition) is 1. The minimum absolute atomic E-state index is 0.570. The highest BCUT2D eigenvalue weighted by molar-refractivity contribution is 6.30. The Morgan fingerprint density at radius 1 is 0.895 bits per heavy atom. The first-order valence-corrected chi connectivity index (χ1v) is 6.97. The zero-order valence-electron chi connectivity index (χ0n) is 11.4. The van der Waals surface area contributed by atoms with Gasteiger partial charge in [-0.1, -0.05) is 49.7 Å². The normalized spacial score (nSPS) is 10.7. The van der Waals surface area contributed by atoms with E-state index in [2.05, 4.69) is 26.0 Å². The highest BCUT2D eigenvalue weighted by Crippen LogP contribution is 2.17. The van der Waals surface area contributed by atoms with Gasteiger partial charge in [-0.2, -0.15) is 0 Å². The first kappa shape index (κ1) is 14.0. The van der Waals surface area contributed by atoms with Crippen LogP contribution in [0, 0.1) is 5.92 Å². The Hall–Kier alpha value is -1.47.